The van der Waals surface area contributed by atoms with Gasteiger partial charge in [0, 0.05) is 33.3 Å². The number of phenolic OH excluding ortho intramolecular Hbond substituents is 1. The molecule has 4 nitrogen and oxygen atoms in total. The lowest BCUT2D eigenvalue weighted by Crippen LogP contribution is -2.30. The molecule has 0 aromatic heterocycles. The Kier molecular flexibility index (Phi) is 6.62. The Morgan fingerprint density at radius 1 is 1.24 bits per heavy atom. The van der Waals surface area contributed by atoms with Crippen molar-refractivity contribution in [2.24, 2.45) is 0 Å². The summed E-state index contributed by atoms with van der Waals surface area (Å²) in [6.07, 6.45) is 0. The molecule has 0 aliphatic carbocycles. The highest BCUT2D eigenvalue weighted by Crippen LogP contribution is 2.10. The van der Waals surface area contributed by atoms with E-state index >= 15 is 0 Å². The SMILES string of the molecule is COCCNCCN(C)Cc1ccc(O)cc1. The van der Waals surface area contributed by atoms with Crippen LogP contribution in [0.15, 0.2) is 24.3 Å². The fraction of sp³-hybridized carbons (Fsp3) is 0.538. The lowest BCUT2D eigenvalue weighted by molar-refractivity contribution is 0.197. The van der Waals surface area contributed by atoms with Crippen LogP contribution in [0.5, 0.6) is 5.75 Å². The molecule has 0 saturated heterocycles. The summed E-state index contributed by atoms with van der Waals surface area (Å²) in [5, 5.41) is 12.5. The summed E-state index contributed by atoms with van der Waals surface area (Å²) in [4.78, 5) is 2.24. The fourth-order valence-corrected chi connectivity index (χ4v) is 1.56. The highest BCUT2D eigenvalue weighted by molar-refractivity contribution is 5.25. The molecular weight excluding hydrogens is 216 g/mol. The Morgan fingerprint density at radius 3 is 2.59 bits per heavy atom. The zero-order valence-electron chi connectivity index (χ0n) is 10.6. The summed E-state index contributed by atoms with van der Waals surface area (Å²) in [5.41, 5.74) is 1.21. The zero-order valence-corrected chi connectivity index (χ0v) is 10.6. The quantitative estimate of drug-likeness (QED) is 0.665. The number of nitrogens with one attached hydrogen (secondary N) is 1. The van der Waals surface area contributed by atoms with Crippen LogP contribution in [0.25, 0.3) is 0 Å². The van der Waals surface area contributed by atoms with Gasteiger partial charge in [-0.25, -0.2) is 0 Å². The molecule has 1 aromatic rings. The lowest BCUT2D eigenvalue weighted by Gasteiger charge is -2.17. The van der Waals surface area contributed by atoms with Crippen molar-refractivity contribution >= 4 is 0 Å². The van der Waals surface area contributed by atoms with Crippen LogP contribution in [0, 0.1) is 0 Å². The van der Waals surface area contributed by atoms with Gasteiger partial charge in [0.2, 0.25) is 0 Å². The first-order valence-electron chi connectivity index (χ1n) is 5.88. The number of hydrogen-bond donors (Lipinski definition) is 2. The average Bonchev–Trinajstić information content (AvgIpc) is 2.32. The number of nitrogens with zero attached hydrogens (tertiary/aromatic N) is 1. The molecule has 0 heterocycles. The van der Waals surface area contributed by atoms with E-state index < -0.39 is 0 Å². The van der Waals surface area contributed by atoms with Gasteiger partial charge in [0.1, 0.15) is 5.75 Å². The van der Waals surface area contributed by atoms with Crippen LogP contribution in [0.2, 0.25) is 0 Å². The number of likely N-dealkylation sites (N-methyl/N-ethyl adjacent to an activating group) is 1. The Bertz CT molecular complexity index is 301. The third-order valence-corrected chi connectivity index (χ3v) is 2.54. The van der Waals surface area contributed by atoms with Gasteiger partial charge in [0.25, 0.3) is 0 Å². The van der Waals surface area contributed by atoms with Crippen LogP contribution in [-0.2, 0) is 11.3 Å². The molecule has 0 bridgehead atoms. The highest BCUT2D eigenvalue weighted by Gasteiger charge is 2.00. The van der Waals surface area contributed by atoms with Gasteiger partial charge < -0.3 is 20.1 Å². The molecule has 0 aliphatic heterocycles. The smallest absolute Gasteiger partial charge is 0.115 e. The van der Waals surface area contributed by atoms with Crippen LogP contribution in [-0.4, -0.2) is 50.4 Å². The summed E-state index contributed by atoms with van der Waals surface area (Å²) in [7, 11) is 3.80. The molecule has 1 rings (SSSR count). The Morgan fingerprint density at radius 2 is 1.94 bits per heavy atom. The molecule has 1 aromatic carbocycles. The molecule has 2 N–H and O–H groups in total. The van der Waals surface area contributed by atoms with E-state index in [-0.39, 0.29) is 0 Å². The van der Waals surface area contributed by atoms with E-state index in [0.717, 1.165) is 32.8 Å². The number of benzene rings is 1. The van der Waals surface area contributed by atoms with Crippen LogP contribution in [0.1, 0.15) is 5.56 Å². The summed E-state index contributed by atoms with van der Waals surface area (Å²) >= 11 is 0. The number of phenols is 1. The van der Waals surface area contributed by atoms with E-state index in [1.165, 1.54) is 5.56 Å². The standard InChI is InChI=1S/C13H22N2O2/c1-15(9-7-14-8-10-17-2)11-12-3-5-13(16)6-4-12/h3-6,14,16H,7-11H2,1-2H3. The molecule has 0 spiro atoms. The molecule has 0 atom stereocenters. The van der Waals surface area contributed by atoms with E-state index in [2.05, 4.69) is 17.3 Å². The maximum absolute atomic E-state index is 9.18. The van der Waals surface area contributed by atoms with Gasteiger partial charge in [0.05, 0.1) is 6.61 Å². The predicted molar refractivity (Wildman–Crippen MR) is 69.2 cm³/mol. The Labute approximate surface area is 103 Å². The molecule has 0 radical (unpaired) electrons. The Hall–Kier alpha value is -1.10. The molecule has 0 amide bonds. The van der Waals surface area contributed by atoms with Gasteiger partial charge in [-0.15, -0.1) is 0 Å². The third kappa shape index (κ3) is 6.26. The van der Waals surface area contributed by atoms with Crippen molar-refractivity contribution in [1.82, 2.24) is 10.2 Å². The summed E-state index contributed by atoms with van der Waals surface area (Å²) in [6, 6.07) is 7.34. The van der Waals surface area contributed by atoms with E-state index in [0.29, 0.717) is 5.75 Å². The van der Waals surface area contributed by atoms with Crippen molar-refractivity contribution < 1.29 is 9.84 Å². The first-order chi connectivity index (χ1) is 8.22. The number of rotatable bonds is 8. The lowest BCUT2D eigenvalue weighted by atomic mass is 10.2. The van der Waals surface area contributed by atoms with Crippen molar-refractivity contribution in [1.29, 1.82) is 0 Å². The van der Waals surface area contributed by atoms with Crippen molar-refractivity contribution in [3.05, 3.63) is 29.8 Å². The molecular formula is C13H22N2O2. The van der Waals surface area contributed by atoms with Crippen molar-refractivity contribution in [2.45, 2.75) is 6.54 Å². The van der Waals surface area contributed by atoms with Crippen LogP contribution < -0.4 is 5.32 Å². The number of hydrogen-bond acceptors (Lipinski definition) is 4. The minimum absolute atomic E-state index is 0.317. The monoisotopic (exact) mass is 238 g/mol. The van der Waals surface area contributed by atoms with Gasteiger partial charge >= 0.3 is 0 Å². The molecule has 0 saturated carbocycles. The summed E-state index contributed by atoms with van der Waals surface area (Å²) in [6.45, 7) is 4.49. The second kappa shape index (κ2) is 8.06. The summed E-state index contributed by atoms with van der Waals surface area (Å²) < 4.78 is 4.96. The number of methoxy groups -OCH3 is 1. The second-order valence-electron chi connectivity index (χ2n) is 4.15. The minimum Gasteiger partial charge on any atom is -0.508 e. The van der Waals surface area contributed by atoms with Gasteiger partial charge in [-0.05, 0) is 24.7 Å². The van der Waals surface area contributed by atoms with E-state index in [9.17, 15) is 5.11 Å². The van der Waals surface area contributed by atoms with Gasteiger partial charge in [0.15, 0.2) is 0 Å². The predicted octanol–water partition coefficient (Wildman–Crippen LogP) is 1.06. The first-order valence-corrected chi connectivity index (χ1v) is 5.88. The average molecular weight is 238 g/mol. The first kappa shape index (κ1) is 14.0. The zero-order chi connectivity index (χ0) is 12.5. The van der Waals surface area contributed by atoms with E-state index in [1.54, 1.807) is 19.2 Å². The van der Waals surface area contributed by atoms with E-state index in [1.807, 2.05) is 12.1 Å². The highest BCUT2D eigenvalue weighted by atomic mass is 16.5. The maximum atomic E-state index is 9.18. The van der Waals surface area contributed by atoms with Gasteiger partial charge in [-0.3, -0.25) is 0 Å². The van der Waals surface area contributed by atoms with Crippen molar-refractivity contribution in [3.8, 4) is 5.75 Å². The molecule has 0 aliphatic rings. The molecule has 17 heavy (non-hydrogen) atoms. The summed E-state index contributed by atoms with van der Waals surface area (Å²) in [5.74, 6) is 0.317. The topological polar surface area (TPSA) is 44.7 Å². The van der Waals surface area contributed by atoms with Crippen LogP contribution in [0.4, 0.5) is 0 Å². The van der Waals surface area contributed by atoms with Crippen LogP contribution in [0.3, 0.4) is 0 Å². The van der Waals surface area contributed by atoms with Crippen molar-refractivity contribution in [2.75, 3.05) is 40.4 Å². The molecule has 4 heteroatoms. The Balaban J connectivity index is 2.16. The molecule has 96 valence electrons. The maximum Gasteiger partial charge on any atom is 0.115 e. The van der Waals surface area contributed by atoms with Gasteiger partial charge in [-0.2, -0.15) is 0 Å². The molecule has 0 unspecified atom stereocenters. The third-order valence-electron chi connectivity index (χ3n) is 2.54. The molecule has 0 fully saturated rings. The van der Waals surface area contributed by atoms with Crippen LogP contribution >= 0.6 is 0 Å². The fourth-order valence-electron chi connectivity index (χ4n) is 1.56. The van der Waals surface area contributed by atoms with Crippen molar-refractivity contribution in [3.63, 3.8) is 0 Å². The number of ether oxygens (including phenoxy) is 1. The minimum atomic E-state index is 0.317. The van der Waals surface area contributed by atoms with E-state index in [4.69, 9.17) is 4.74 Å². The normalized spacial score (nSPS) is 11.0. The largest absolute Gasteiger partial charge is 0.508 e. The van der Waals surface area contributed by atoms with Gasteiger partial charge in [-0.1, -0.05) is 12.1 Å². The number of aromatic hydroxyl groups is 1. The second-order valence-corrected chi connectivity index (χ2v) is 4.15.